The predicted molar refractivity (Wildman–Crippen MR) is 194 cm³/mol. The van der Waals surface area contributed by atoms with E-state index >= 15 is 0 Å². The van der Waals surface area contributed by atoms with Gasteiger partial charge in [0.1, 0.15) is 11.5 Å². The van der Waals surface area contributed by atoms with Gasteiger partial charge in [-0.05, 0) is 85.5 Å². The van der Waals surface area contributed by atoms with E-state index in [2.05, 4.69) is 93.5 Å². The molecule has 275 valence electrons. The van der Waals surface area contributed by atoms with Gasteiger partial charge in [-0.25, -0.2) is 0 Å². The van der Waals surface area contributed by atoms with E-state index in [1.54, 1.807) is 0 Å². The Labute approximate surface area is 305 Å². The van der Waals surface area contributed by atoms with Crippen LogP contribution in [0.25, 0.3) is 0 Å². The minimum Gasteiger partial charge on any atom is -0.550 e. The van der Waals surface area contributed by atoms with Crippen LogP contribution < -0.4 is 10.2 Å². The molecule has 0 bridgehead atoms. The maximum Gasteiger partial charge on any atom is 2.00 e. The van der Waals surface area contributed by atoms with Gasteiger partial charge < -0.3 is 30.0 Å². The van der Waals surface area contributed by atoms with Crippen LogP contribution in [0.1, 0.15) is 167 Å². The van der Waals surface area contributed by atoms with Crippen LogP contribution in [0, 0.1) is 0 Å². The Kier molecular flexibility index (Phi) is 19.2. The number of aliphatic carboxylic acids is 2. The first-order valence-electron chi connectivity index (χ1n) is 17.3. The summed E-state index contributed by atoms with van der Waals surface area (Å²) in [6.45, 7) is 23.7. The molecule has 1 aliphatic rings. The molecule has 1 saturated carbocycles. The summed E-state index contributed by atoms with van der Waals surface area (Å²) in [5.74, 6) is -0.670. The van der Waals surface area contributed by atoms with E-state index < -0.39 is 11.9 Å². The minimum absolute atomic E-state index is 0. The molecule has 4 atom stereocenters. The summed E-state index contributed by atoms with van der Waals surface area (Å²) in [7, 11) is 0. The first-order chi connectivity index (χ1) is 22.1. The van der Waals surface area contributed by atoms with Crippen LogP contribution in [-0.4, -0.2) is 46.7 Å². The van der Waals surface area contributed by atoms with Crippen molar-refractivity contribution in [2.45, 2.75) is 156 Å². The number of aliphatic imine (C=N–C) groups is 2. The fraction of sp³-hybridized carbons (Fsp3) is 0.600. The van der Waals surface area contributed by atoms with Crippen molar-refractivity contribution in [3.8, 4) is 11.5 Å². The zero-order valence-electron chi connectivity index (χ0n) is 31.8. The van der Waals surface area contributed by atoms with Gasteiger partial charge in [0.25, 0.3) is 0 Å². The molecule has 0 aromatic heterocycles. The van der Waals surface area contributed by atoms with Crippen LogP contribution >= 0.6 is 0 Å². The van der Waals surface area contributed by atoms with Crippen molar-refractivity contribution in [1.82, 2.24) is 0 Å². The third-order valence-corrected chi connectivity index (χ3v) is 8.81. The van der Waals surface area contributed by atoms with Crippen molar-refractivity contribution < 1.29 is 46.8 Å². The van der Waals surface area contributed by atoms with E-state index in [9.17, 15) is 10.2 Å². The van der Waals surface area contributed by atoms with Crippen LogP contribution in [0.3, 0.4) is 0 Å². The molecule has 0 saturated heterocycles. The van der Waals surface area contributed by atoms with E-state index in [0.717, 1.165) is 74.6 Å². The number of phenols is 2. The Morgan fingerprint density at radius 1 is 0.735 bits per heavy atom. The van der Waals surface area contributed by atoms with Crippen LogP contribution in [-0.2, 0) is 37.2 Å². The summed E-state index contributed by atoms with van der Waals surface area (Å²) in [6.07, 6.45) is 10.1. The summed E-state index contributed by atoms with van der Waals surface area (Å²) >= 11 is 0. The van der Waals surface area contributed by atoms with Crippen molar-refractivity contribution in [2.24, 2.45) is 9.98 Å². The van der Waals surface area contributed by atoms with Gasteiger partial charge in [0.05, 0.1) is 12.1 Å². The minimum atomic E-state index is -1.08. The van der Waals surface area contributed by atoms with Gasteiger partial charge in [0.15, 0.2) is 0 Å². The number of carboxylic acid groups (broad SMARTS) is 2. The summed E-state index contributed by atoms with van der Waals surface area (Å²) in [5, 5.41) is 40.2. The summed E-state index contributed by atoms with van der Waals surface area (Å²) in [6, 6.07) is 8.65. The van der Waals surface area contributed by atoms with Gasteiger partial charge in [-0.15, -0.1) is 0 Å². The Morgan fingerprint density at radius 2 is 1.02 bits per heavy atom. The zero-order chi connectivity index (χ0) is 37.0. The molecule has 2 aromatic carbocycles. The second-order valence-corrected chi connectivity index (χ2v) is 15.1. The number of nitrogens with zero attached hydrogens (tertiary/aromatic N) is 2. The number of benzene rings is 2. The molecular formula is C40H60CoN2O6. The molecule has 4 unspecified atom stereocenters. The van der Waals surface area contributed by atoms with E-state index in [-0.39, 0.29) is 39.7 Å². The molecule has 1 aliphatic carbocycles. The quantitative estimate of drug-likeness (QED) is 0.279. The SMILES string of the molecule is CC(=O)[O-].CC(=O)[O-].CCC(C)c1cc(C=NC2CCCCC2N=Cc2cc(C(C)CC)cc(C(C)(C)C)c2O)c(O)c(C(C)(C)C)c1.[Co+2]. The Balaban J connectivity index is 0.00000230. The molecule has 3 rings (SSSR count). The number of carboxylic acids is 2. The molecule has 0 spiro atoms. The third kappa shape index (κ3) is 15.1. The largest absolute Gasteiger partial charge is 2.00 e. The molecule has 1 radical (unpaired) electrons. The molecular weight excluding hydrogens is 663 g/mol. The van der Waals surface area contributed by atoms with Gasteiger partial charge in [0.2, 0.25) is 0 Å². The van der Waals surface area contributed by atoms with Gasteiger partial charge in [-0.1, -0.05) is 94.2 Å². The first kappa shape index (κ1) is 45.8. The number of carbonyl (C=O) groups excluding carboxylic acids is 2. The molecule has 0 aliphatic heterocycles. The van der Waals surface area contributed by atoms with Crippen molar-refractivity contribution in [3.63, 3.8) is 0 Å². The number of carbonyl (C=O) groups is 2. The molecule has 0 amide bonds. The topological polar surface area (TPSA) is 145 Å². The van der Waals surface area contributed by atoms with Gasteiger partial charge >= 0.3 is 16.8 Å². The first-order valence-corrected chi connectivity index (χ1v) is 17.3. The van der Waals surface area contributed by atoms with Crippen molar-refractivity contribution in [1.29, 1.82) is 0 Å². The van der Waals surface area contributed by atoms with Crippen LogP contribution in [0.5, 0.6) is 11.5 Å². The summed E-state index contributed by atoms with van der Waals surface area (Å²) in [4.78, 5) is 27.8. The number of hydrogen-bond donors (Lipinski definition) is 2. The summed E-state index contributed by atoms with van der Waals surface area (Å²) < 4.78 is 0. The van der Waals surface area contributed by atoms with Gasteiger partial charge in [-0.3, -0.25) is 9.98 Å². The van der Waals surface area contributed by atoms with Gasteiger partial charge in [0, 0.05) is 46.6 Å². The maximum absolute atomic E-state index is 11.2. The summed E-state index contributed by atoms with van der Waals surface area (Å²) in [5.41, 5.74) is 5.70. The molecule has 8 nitrogen and oxygen atoms in total. The number of aromatic hydroxyl groups is 2. The van der Waals surface area contributed by atoms with E-state index in [1.165, 1.54) is 11.1 Å². The van der Waals surface area contributed by atoms with Crippen LogP contribution in [0.4, 0.5) is 0 Å². The molecule has 2 aromatic rings. The zero-order valence-corrected chi connectivity index (χ0v) is 32.8. The Bertz CT molecular complexity index is 1310. The van der Waals surface area contributed by atoms with Crippen LogP contribution in [0.2, 0.25) is 0 Å². The molecule has 1 fully saturated rings. The molecule has 49 heavy (non-hydrogen) atoms. The second kappa shape index (κ2) is 20.5. The van der Waals surface area contributed by atoms with E-state index in [0.29, 0.717) is 23.3 Å². The van der Waals surface area contributed by atoms with Crippen molar-refractivity contribution in [2.75, 3.05) is 0 Å². The Morgan fingerprint density at radius 3 is 1.27 bits per heavy atom. The number of rotatable bonds is 8. The van der Waals surface area contributed by atoms with Crippen molar-refractivity contribution in [3.05, 3.63) is 57.6 Å². The third-order valence-electron chi connectivity index (χ3n) is 8.81. The molecule has 2 N–H and O–H groups in total. The normalized spacial score (nSPS) is 17.6. The monoisotopic (exact) mass is 723 g/mol. The van der Waals surface area contributed by atoms with Crippen LogP contribution in [0.15, 0.2) is 34.3 Å². The molecule has 9 heteroatoms. The van der Waals surface area contributed by atoms with E-state index in [4.69, 9.17) is 29.8 Å². The smallest absolute Gasteiger partial charge is 0.550 e. The Hall–Kier alpha value is -3.17. The number of phenolic OH excluding ortho intramolecular Hbond substituents is 2. The predicted octanol–water partition coefficient (Wildman–Crippen LogP) is 7.08. The number of hydrogen-bond acceptors (Lipinski definition) is 8. The van der Waals surface area contributed by atoms with Gasteiger partial charge in [-0.2, -0.15) is 0 Å². The maximum atomic E-state index is 11.2. The average molecular weight is 724 g/mol. The van der Waals surface area contributed by atoms with Crippen molar-refractivity contribution >= 4 is 24.4 Å². The standard InChI is InChI=1S/C36H54N2O2.2C2H4O2.Co/c1-11-23(3)25-17-27(33(39)29(19-25)35(5,6)7)21-37-31-15-13-14-16-32(31)38-22-28-18-26(24(4)12-2)20-30(34(28)40)36(8,9)10;2*1-2(3)4;/h17-24,31-32,39-40H,11-16H2,1-10H3;2*1H3,(H,3,4);/q;;;+2/p-2. The second-order valence-electron chi connectivity index (χ2n) is 15.1. The average Bonchev–Trinajstić information content (AvgIpc) is 2.97. The van der Waals surface area contributed by atoms with E-state index in [1.807, 2.05) is 12.4 Å². The fourth-order valence-electron chi connectivity index (χ4n) is 5.53. The fourth-order valence-corrected chi connectivity index (χ4v) is 5.53. The molecule has 0 heterocycles.